The lowest BCUT2D eigenvalue weighted by Crippen LogP contribution is -2.36. The second-order valence-corrected chi connectivity index (χ2v) is 31.0. The van der Waals surface area contributed by atoms with Crippen molar-refractivity contribution in [3.05, 3.63) is 287 Å². The molecule has 0 fully saturated rings. The highest BCUT2D eigenvalue weighted by molar-refractivity contribution is 7.25. The number of esters is 1. The van der Waals surface area contributed by atoms with Gasteiger partial charge in [-0.3, -0.25) is 43.2 Å². The third-order valence-corrected chi connectivity index (χ3v) is 23.2. The number of nitrogens with zero attached hydrogens (tertiary/aromatic N) is 1. The average Bonchev–Trinajstić information content (AvgIpc) is 1.57. The molecule has 0 spiro atoms. The Bertz CT molecular complexity index is 6770. The quantitative estimate of drug-likeness (QED) is 0.157. The molecular formula is C101H81NO21S. The molecule has 9 aliphatic heterocycles. The first-order valence-corrected chi connectivity index (χ1v) is 41.7. The van der Waals surface area contributed by atoms with Crippen molar-refractivity contribution in [3.63, 3.8) is 0 Å². The highest BCUT2D eigenvalue weighted by Gasteiger charge is 2.33. The van der Waals surface area contributed by atoms with Gasteiger partial charge < -0.3 is 61.8 Å². The summed E-state index contributed by atoms with van der Waals surface area (Å²) in [5.41, 5.74) is 7.51. The Morgan fingerprint density at radius 3 is 1.47 bits per heavy atom. The molecule has 2 unspecified atom stereocenters. The van der Waals surface area contributed by atoms with Gasteiger partial charge in [0.25, 0.3) is 0 Å². The summed E-state index contributed by atoms with van der Waals surface area (Å²) in [5.74, 6) is 6.76. The Labute approximate surface area is 714 Å². The summed E-state index contributed by atoms with van der Waals surface area (Å²) in [7, 11) is 0. The van der Waals surface area contributed by atoms with Gasteiger partial charge in [0.2, 0.25) is 12.6 Å². The van der Waals surface area contributed by atoms with Gasteiger partial charge in [0.15, 0.2) is 64.2 Å². The van der Waals surface area contributed by atoms with Crippen LogP contribution in [0.2, 0.25) is 0 Å². The van der Waals surface area contributed by atoms with E-state index in [0.717, 1.165) is 111 Å². The van der Waals surface area contributed by atoms with Gasteiger partial charge in [-0.1, -0.05) is 146 Å². The van der Waals surface area contributed by atoms with E-state index in [1.54, 1.807) is 72.0 Å². The Morgan fingerprint density at radius 2 is 0.815 bits per heavy atom. The molecule has 11 heterocycles. The summed E-state index contributed by atoms with van der Waals surface area (Å²) in [6.45, 7) is 7.61. The lowest BCUT2D eigenvalue weighted by molar-refractivity contribution is -0.145. The molecule has 0 amide bonds. The van der Waals surface area contributed by atoms with Crippen LogP contribution in [0.3, 0.4) is 0 Å². The second-order valence-electron chi connectivity index (χ2n) is 29.9. The number of fused-ring (bicyclic) bond motifs is 20. The van der Waals surface area contributed by atoms with Crippen LogP contribution >= 0.6 is 11.3 Å². The highest BCUT2D eigenvalue weighted by Crippen LogP contribution is 2.43. The molecule has 0 radical (unpaired) electrons. The van der Waals surface area contributed by atoms with Gasteiger partial charge in [-0.25, -0.2) is 0 Å². The fraction of sp³-hybridized carbons (Fsp3) is 0.198. The number of hydrogen-bond acceptors (Lipinski definition) is 22. The van der Waals surface area contributed by atoms with Crippen molar-refractivity contribution in [1.82, 2.24) is 4.57 Å². The normalized spacial score (nSPS) is 16.2. The van der Waals surface area contributed by atoms with Crippen LogP contribution in [-0.4, -0.2) is 134 Å². The number of aryl methyl sites for hydroxylation is 1. The molecule has 124 heavy (non-hydrogen) atoms. The Hall–Kier alpha value is -14.6. The third kappa shape index (κ3) is 17.2. The van der Waals surface area contributed by atoms with E-state index < -0.39 is 18.2 Å². The Morgan fingerprint density at radius 1 is 0.347 bits per heavy atom. The number of aliphatic hydroxyl groups excluding tert-OH is 1. The smallest absolute Gasteiger partial charge is 0.303 e. The van der Waals surface area contributed by atoms with E-state index in [0.29, 0.717) is 124 Å². The molecule has 13 aromatic carbocycles. The molecule has 24 rings (SSSR count). The summed E-state index contributed by atoms with van der Waals surface area (Å²) in [5, 5.41) is 20.4. The van der Waals surface area contributed by atoms with E-state index in [9.17, 15) is 43.2 Å². The van der Waals surface area contributed by atoms with Crippen molar-refractivity contribution in [3.8, 4) is 57.5 Å². The van der Waals surface area contributed by atoms with Gasteiger partial charge in [-0.15, -0.1) is 11.3 Å². The molecule has 622 valence electrons. The van der Waals surface area contributed by atoms with Gasteiger partial charge in [0.05, 0.1) is 89.7 Å². The van der Waals surface area contributed by atoms with Crippen LogP contribution in [0.25, 0.3) is 74.3 Å². The second kappa shape index (κ2) is 36.4. The van der Waals surface area contributed by atoms with E-state index in [4.69, 9.17) is 57.2 Å². The van der Waals surface area contributed by atoms with Crippen LogP contribution in [0.1, 0.15) is 135 Å². The lowest BCUT2D eigenvalue weighted by Gasteiger charge is -2.23. The number of ketones is 8. The number of aromatic nitrogens is 1. The predicted molar refractivity (Wildman–Crippen MR) is 470 cm³/mol. The standard InChI is InChI=1S/C17H15NO2.C15H10O2S.3C13H10O2.C11H10O4.C10H8O4.C9H8O3/c1-2-18-14-6-4-3-5-11(14)12-10-17-13(9-15(12)18)16(19)7-8-20-17;16-12-5-6-17-13-7-10-9-3-1-2-4-14(9)18-15(10)8-11(12)13;14-12-5-6-15-13-8-10-4-2-1-3-9(10)7-11(12)13;14-11-7-8-15-12-6-5-9-3-1-2-4-10(9)13(11)12;14-12-7-8-15-13-10-4-2-1-3-9(10)5-6-11(12)13;1-7(12)15-10-6-14-9-5-3-2-4-8(9)11(10)13;11-7-1-2-12-8-4-10-9(3-6(7)8)13-5-14-10;10-7-5-12-8-4-2-1-3-6(8)9(7)11/h3-6,9-10H,2,7-8H2,1H3;1-4,7-8H,5-6H2;1-4,7-8H,5-6H2;2*1-6H,7-8H2;2-5,10H,6H2,1H3;3-4H,1-2,5H2;1-4,7,10H,5H2. The summed E-state index contributed by atoms with van der Waals surface area (Å²) in [6.07, 6.45) is 1.07. The fourth-order valence-corrected chi connectivity index (χ4v) is 17.1. The van der Waals surface area contributed by atoms with Gasteiger partial charge in [-0.05, 0) is 125 Å². The van der Waals surface area contributed by atoms with Crippen molar-refractivity contribution in [2.24, 2.45) is 0 Å². The molecule has 9 aliphatic rings. The molecule has 2 aromatic heterocycles. The topological polar surface area (TPSA) is 280 Å². The molecule has 15 aromatic rings. The summed E-state index contributed by atoms with van der Waals surface area (Å²) < 4.78 is 63.5. The first-order valence-electron chi connectivity index (χ1n) is 40.8. The maximum Gasteiger partial charge on any atom is 0.303 e. The predicted octanol–water partition coefficient (Wildman–Crippen LogP) is 19.4. The number of Topliss-reactive ketones (excluding diaryl/α,β-unsaturated/α-hetero) is 8. The van der Waals surface area contributed by atoms with Gasteiger partial charge >= 0.3 is 5.97 Å². The van der Waals surface area contributed by atoms with Gasteiger partial charge in [-0.2, -0.15) is 0 Å². The number of rotatable bonds is 2. The van der Waals surface area contributed by atoms with Crippen molar-refractivity contribution in [1.29, 1.82) is 0 Å². The molecule has 22 nitrogen and oxygen atoms in total. The van der Waals surface area contributed by atoms with Gasteiger partial charge in [0.1, 0.15) is 59.2 Å². The molecule has 1 N–H and O–H groups in total. The molecule has 23 heteroatoms. The molecule has 0 aliphatic carbocycles. The van der Waals surface area contributed by atoms with Crippen molar-refractivity contribution in [2.75, 3.05) is 59.6 Å². The van der Waals surface area contributed by atoms with E-state index >= 15 is 0 Å². The van der Waals surface area contributed by atoms with Crippen molar-refractivity contribution < 1.29 is 100 Å². The van der Waals surface area contributed by atoms with Crippen molar-refractivity contribution in [2.45, 2.75) is 71.1 Å². The van der Waals surface area contributed by atoms with E-state index in [1.807, 2.05) is 152 Å². The minimum Gasteiger partial charge on any atom is -0.492 e. The number of benzene rings is 13. The molecule has 2 atom stereocenters. The van der Waals surface area contributed by atoms with E-state index in [-0.39, 0.29) is 66.3 Å². The number of carbonyl (C=O) groups excluding carboxylic acids is 9. The zero-order valence-electron chi connectivity index (χ0n) is 67.5. The molecule has 0 saturated carbocycles. The molecule has 0 saturated heterocycles. The summed E-state index contributed by atoms with van der Waals surface area (Å²) in [6, 6.07) is 77.4. The monoisotopic (exact) mass is 1680 g/mol. The van der Waals surface area contributed by atoms with Crippen molar-refractivity contribution >= 4 is 138 Å². The zero-order chi connectivity index (χ0) is 85.5. The number of para-hydroxylation sites is 3. The largest absolute Gasteiger partial charge is 0.492 e. The van der Waals surface area contributed by atoms with Crippen LogP contribution in [-0.2, 0) is 16.1 Å². The van der Waals surface area contributed by atoms with E-state index in [2.05, 4.69) is 41.8 Å². The number of thiophene rings is 1. The zero-order valence-corrected chi connectivity index (χ0v) is 68.3. The van der Waals surface area contributed by atoms with Crippen LogP contribution in [0.15, 0.2) is 243 Å². The van der Waals surface area contributed by atoms with E-state index in [1.165, 1.54) is 33.3 Å². The summed E-state index contributed by atoms with van der Waals surface area (Å²) >= 11 is 1.73. The van der Waals surface area contributed by atoms with Crippen LogP contribution in [0, 0.1) is 0 Å². The maximum atomic E-state index is 12.1. The van der Waals surface area contributed by atoms with Gasteiger partial charge in [0, 0.05) is 99.9 Å². The first-order chi connectivity index (χ1) is 60.5. The van der Waals surface area contributed by atoms with Crippen LogP contribution in [0.5, 0.6) is 57.5 Å². The first kappa shape index (κ1) is 81.8. The maximum absolute atomic E-state index is 12.1. The minimum atomic E-state index is -1.00. The average molecular weight is 1680 g/mol. The van der Waals surface area contributed by atoms with Crippen LogP contribution < -0.4 is 47.4 Å². The SMILES string of the molecule is CC(=O)OC1COc2ccccc2C1=O.CCn1c2ccccc2c2cc3c(cc21)C(=O)CCO3.O=C1CCOc2c1ccc1ccccc21.O=C1CCOc2cc3c(cc21)OCO3.O=C1CCOc2cc3c(cc21)sc1ccccc13.O=C1CCOc2cc3ccccc3cc21.O=C1CCOc2ccc3ccccc3c21.O=C1c2ccccc2OCC1O. The Balaban J connectivity index is 0.000000101. The van der Waals surface area contributed by atoms with Crippen LogP contribution in [0.4, 0.5) is 0 Å². The number of aliphatic hydroxyl groups is 1. The fourth-order valence-electron chi connectivity index (χ4n) is 16.0. The molecule has 0 bridgehead atoms. The third-order valence-electron chi connectivity index (χ3n) is 22.0. The molecular weight excluding hydrogens is 1600 g/mol. The lowest BCUT2D eigenvalue weighted by atomic mass is 9.97. The number of ether oxygens (including phenoxy) is 11. The number of carbonyl (C=O) groups is 9. The Kier molecular flexibility index (Phi) is 24.0. The highest BCUT2D eigenvalue weighted by atomic mass is 32.1. The minimum absolute atomic E-state index is 0.0653. The number of hydrogen-bond donors (Lipinski definition) is 1. The summed E-state index contributed by atoms with van der Waals surface area (Å²) in [4.78, 5) is 104.